The molecule has 1 unspecified atom stereocenters. The standard InChI is InChI=1S/C10H18N4O2S/c15-17(16,10-4-6-12-14-10)13-7-3-9-2-1-5-11-8-9/h4,6,9,11,13H,1-3,5,7-8H2,(H,12,14). The van der Waals surface area contributed by atoms with E-state index < -0.39 is 10.0 Å². The fourth-order valence-corrected chi connectivity index (χ4v) is 2.99. The van der Waals surface area contributed by atoms with Gasteiger partial charge in [0.15, 0.2) is 5.03 Å². The number of aromatic amines is 1. The van der Waals surface area contributed by atoms with Crippen LogP contribution in [0.1, 0.15) is 19.3 Å². The van der Waals surface area contributed by atoms with Crippen LogP contribution in [-0.2, 0) is 10.0 Å². The Balaban J connectivity index is 1.78. The molecular weight excluding hydrogens is 240 g/mol. The van der Waals surface area contributed by atoms with Gasteiger partial charge < -0.3 is 5.32 Å². The highest BCUT2D eigenvalue weighted by Crippen LogP contribution is 2.13. The molecule has 0 saturated carbocycles. The first kappa shape index (κ1) is 12.5. The number of hydrogen-bond acceptors (Lipinski definition) is 4. The van der Waals surface area contributed by atoms with E-state index in [4.69, 9.17) is 0 Å². The molecule has 2 rings (SSSR count). The van der Waals surface area contributed by atoms with Crippen LogP contribution >= 0.6 is 0 Å². The summed E-state index contributed by atoms with van der Waals surface area (Å²) in [6, 6.07) is 1.45. The summed E-state index contributed by atoms with van der Waals surface area (Å²) in [5, 5.41) is 9.53. The highest BCUT2D eigenvalue weighted by molar-refractivity contribution is 7.89. The van der Waals surface area contributed by atoms with Crippen LogP contribution in [0.3, 0.4) is 0 Å². The normalized spacial score (nSPS) is 21.5. The summed E-state index contributed by atoms with van der Waals surface area (Å²) < 4.78 is 26.1. The number of H-pyrrole nitrogens is 1. The number of sulfonamides is 1. The highest BCUT2D eigenvalue weighted by atomic mass is 32.2. The molecule has 1 aliphatic heterocycles. The van der Waals surface area contributed by atoms with Gasteiger partial charge in [0.05, 0.1) is 6.20 Å². The van der Waals surface area contributed by atoms with E-state index in [0.29, 0.717) is 12.5 Å². The van der Waals surface area contributed by atoms with Crippen molar-refractivity contribution >= 4 is 10.0 Å². The van der Waals surface area contributed by atoms with Gasteiger partial charge in [-0.3, -0.25) is 5.10 Å². The van der Waals surface area contributed by atoms with Crippen molar-refractivity contribution in [2.45, 2.75) is 24.3 Å². The molecule has 1 saturated heterocycles. The molecule has 0 aliphatic carbocycles. The molecule has 6 nitrogen and oxygen atoms in total. The Morgan fingerprint density at radius 2 is 2.41 bits per heavy atom. The lowest BCUT2D eigenvalue weighted by atomic mass is 9.96. The minimum absolute atomic E-state index is 0.124. The second-order valence-electron chi connectivity index (χ2n) is 4.32. The zero-order valence-corrected chi connectivity index (χ0v) is 10.5. The molecule has 3 N–H and O–H groups in total. The van der Waals surface area contributed by atoms with Crippen molar-refractivity contribution in [3.05, 3.63) is 12.3 Å². The van der Waals surface area contributed by atoms with E-state index >= 15 is 0 Å². The zero-order chi connectivity index (χ0) is 12.1. The van der Waals surface area contributed by atoms with Crippen LogP contribution in [0.4, 0.5) is 0 Å². The van der Waals surface area contributed by atoms with Crippen molar-refractivity contribution in [3.63, 3.8) is 0 Å². The van der Waals surface area contributed by atoms with Crippen molar-refractivity contribution in [1.82, 2.24) is 20.2 Å². The Hall–Kier alpha value is -0.920. The fraction of sp³-hybridized carbons (Fsp3) is 0.700. The number of nitrogens with one attached hydrogen (secondary N) is 3. The molecule has 1 aliphatic rings. The lowest BCUT2D eigenvalue weighted by Gasteiger charge is -2.22. The van der Waals surface area contributed by atoms with Crippen molar-refractivity contribution in [3.8, 4) is 0 Å². The molecular formula is C10H18N4O2S. The smallest absolute Gasteiger partial charge is 0.257 e. The van der Waals surface area contributed by atoms with Crippen LogP contribution in [0.2, 0.25) is 0 Å². The largest absolute Gasteiger partial charge is 0.316 e. The van der Waals surface area contributed by atoms with E-state index in [0.717, 1.165) is 19.5 Å². The van der Waals surface area contributed by atoms with Gasteiger partial charge in [0.2, 0.25) is 0 Å². The predicted molar refractivity (Wildman–Crippen MR) is 64.0 cm³/mol. The summed E-state index contributed by atoms with van der Waals surface area (Å²) in [6.45, 7) is 2.55. The molecule has 1 fully saturated rings. The Bertz CT molecular complexity index is 423. The number of rotatable bonds is 5. The van der Waals surface area contributed by atoms with E-state index in [1.807, 2.05) is 0 Å². The maximum atomic E-state index is 11.7. The minimum atomic E-state index is -3.41. The van der Waals surface area contributed by atoms with Gasteiger partial charge in [-0.15, -0.1) is 0 Å². The summed E-state index contributed by atoms with van der Waals surface area (Å²) in [4.78, 5) is 0. The maximum Gasteiger partial charge on any atom is 0.257 e. The average molecular weight is 258 g/mol. The SMILES string of the molecule is O=S(=O)(NCCC1CCCNC1)c1ccn[nH]1. The van der Waals surface area contributed by atoms with Crippen molar-refractivity contribution in [2.24, 2.45) is 5.92 Å². The number of aromatic nitrogens is 2. The summed E-state index contributed by atoms with van der Waals surface area (Å²) in [7, 11) is -3.41. The third-order valence-corrected chi connectivity index (χ3v) is 4.40. The third kappa shape index (κ3) is 3.52. The fourth-order valence-electron chi connectivity index (χ4n) is 2.04. The predicted octanol–water partition coefficient (Wildman–Crippen LogP) is 0.0777. The van der Waals surface area contributed by atoms with Gasteiger partial charge >= 0.3 is 0 Å². The van der Waals surface area contributed by atoms with Gasteiger partial charge in [0.25, 0.3) is 10.0 Å². The number of piperidine rings is 1. The van der Waals surface area contributed by atoms with Crippen molar-refractivity contribution in [2.75, 3.05) is 19.6 Å². The van der Waals surface area contributed by atoms with Gasteiger partial charge in [-0.05, 0) is 44.3 Å². The highest BCUT2D eigenvalue weighted by Gasteiger charge is 2.17. The molecule has 96 valence electrons. The van der Waals surface area contributed by atoms with E-state index in [9.17, 15) is 8.42 Å². The second kappa shape index (κ2) is 5.61. The molecule has 1 atom stereocenters. The molecule has 0 amide bonds. The van der Waals surface area contributed by atoms with Crippen LogP contribution in [0.25, 0.3) is 0 Å². The minimum Gasteiger partial charge on any atom is -0.316 e. The van der Waals surface area contributed by atoms with Crippen LogP contribution in [0, 0.1) is 5.92 Å². The lowest BCUT2D eigenvalue weighted by molar-refractivity contribution is 0.358. The van der Waals surface area contributed by atoms with Gasteiger partial charge in [-0.2, -0.15) is 5.10 Å². The van der Waals surface area contributed by atoms with Crippen LogP contribution in [0.5, 0.6) is 0 Å². The summed E-state index contributed by atoms with van der Waals surface area (Å²) in [5.74, 6) is 0.577. The lowest BCUT2D eigenvalue weighted by Crippen LogP contribution is -2.33. The first-order chi connectivity index (χ1) is 8.18. The molecule has 0 aromatic carbocycles. The summed E-state index contributed by atoms with van der Waals surface area (Å²) in [5.41, 5.74) is 0. The zero-order valence-electron chi connectivity index (χ0n) is 9.65. The Labute approximate surface area is 101 Å². The topological polar surface area (TPSA) is 86.9 Å². The van der Waals surface area contributed by atoms with Gasteiger partial charge in [-0.25, -0.2) is 13.1 Å². The van der Waals surface area contributed by atoms with Crippen LogP contribution in [0.15, 0.2) is 17.3 Å². The molecule has 2 heterocycles. The average Bonchev–Trinajstić information content (AvgIpc) is 2.84. The van der Waals surface area contributed by atoms with E-state index in [1.54, 1.807) is 0 Å². The van der Waals surface area contributed by atoms with Gasteiger partial charge in [-0.1, -0.05) is 0 Å². The van der Waals surface area contributed by atoms with Crippen molar-refractivity contribution < 1.29 is 8.42 Å². The molecule has 17 heavy (non-hydrogen) atoms. The van der Waals surface area contributed by atoms with E-state index in [-0.39, 0.29) is 5.03 Å². The van der Waals surface area contributed by atoms with Crippen LogP contribution in [-0.4, -0.2) is 38.2 Å². The van der Waals surface area contributed by atoms with Gasteiger partial charge in [0, 0.05) is 6.54 Å². The first-order valence-electron chi connectivity index (χ1n) is 5.88. The maximum absolute atomic E-state index is 11.7. The second-order valence-corrected chi connectivity index (χ2v) is 6.06. The summed E-state index contributed by atoms with van der Waals surface area (Å²) in [6.07, 6.45) is 4.66. The molecule has 1 aromatic heterocycles. The molecule has 0 bridgehead atoms. The molecule has 1 aromatic rings. The van der Waals surface area contributed by atoms with Crippen LogP contribution < -0.4 is 10.0 Å². The first-order valence-corrected chi connectivity index (χ1v) is 7.36. The summed E-state index contributed by atoms with van der Waals surface area (Å²) >= 11 is 0. The Kier molecular flexibility index (Phi) is 4.14. The van der Waals surface area contributed by atoms with E-state index in [1.165, 1.54) is 25.1 Å². The number of nitrogens with zero attached hydrogens (tertiary/aromatic N) is 1. The molecule has 0 radical (unpaired) electrons. The van der Waals surface area contributed by atoms with E-state index in [2.05, 4.69) is 20.2 Å². The van der Waals surface area contributed by atoms with Gasteiger partial charge in [0.1, 0.15) is 0 Å². The Morgan fingerprint density at radius 1 is 1.53 bits per heavy atom. The quantitative estimate of drug-likeness (QED) is 0.698. The van der Waals surface area contributed by atoms with Crippen molar-refractivity contribution in [1.29, 1.82) is 0 Å². The third-order valence-electron chi connectivity index (χ3n) is 3.01. The Morgan fingerprint density at radius 3 is 3.06 bits per heavy atom. The monoisotopic (exact) mass is 258 g/mol. The number of hydrogen-bond donors (Lipinski definition) is 3. The molecule has 7 heteroatoms. The molecule has 0 spiro atoms.